The lowest BCUT2D eigenvalue weighted by Gasteiger charge is -2.14. The van der Waals surface area contributed by atoms with Crippen LogP contribution >= 0.6 is 0 Å². The van der Waals surface area contributed by atoms with Crippen LogP contribution in [-0.2, 0) is 12.8 Å². The van der Waals surface area contributed by atoms with Gasteiger partial charge < -0.3 is 5.73 Å². The summed E-state index contributed by atoms with van der Waals surface area (Å²) in [7, 11) is 0. The van der Waals surface area contributed by atoms with Gasteiger partial charge in [-0.3, -0.25) is 0 Å². The number of hydrogen-bond donors (Lipinski definition) is 1. The third-order valence-corrected chi connectivity index (χ3v) is 4.68. The molecule has 0 aromatic heterocycles. The van der Waals surface area contributed by atoms with E-state index in [0.29, 0.717) is 0 Å². The van der Waals surface area contributed by atoms with Gasteiger partial charge in [-0.05, 0) is 73.6 Å². The topological polar surface area (TPSA) is 26.0 Å². The molecule has 0 fully saturated rings. The summed E-state index contributed by atoms with van der Waals surface area (Å²) < 4.78 is 0. The molecule has 0 heterocycles. The van der Waals surface area contributed by atoms with Crippen molar-refractivity contribution >= 4 is 5.69 Å². The summed E-state index contributed by atoms with van der Waals surface area (Å²) in [6.45, 7) is 6.46. The standard InChI is InChI=1S/C23H25N/c1-16-4-8-19(9-5-16)12-21-14-23(24)15-22(18(21)3)13-20-10-6-17(2)7-11-20/h4-11,14-15H,12-13,24H2,1-3H3. The van der Waals surface area contributed by atoms with Gasteiger partial charge in [-0.25, -0.2) is 0 Å². The number of anilines is 1. The van der Waals surface area contributed by atoms with Crippen molar-refractivity contribution in [2.24, 2.45) is 0 Å². The maximum absolute atomic E-state index is 6.18. The van der Waals surface area contributed by atoms with Gasteiger partial charge in [0, 0.05) is 5.69 Å². The molecule has 0 atom stereocenters. The Hall–Kier alpha value is -2.54. The minimum Gasteiger partial charge on any atom is -0.399 e. The maximum Gasteiger partial charge on any atom is 0.0319 e. The molecule has 1 heteroatoms. The second kappa shape index (κ2) is 6.92. The predicted octanol–water partition coefficient (Wildman–Crippen LogP) is 5.38. The zero-order valence-electron chi connectivity index (χ0n) is 14.8. The lowest BCUT2D eigenvalue weighted by Crippen LogP contribution is -2.01. The smallest absolute Gasteiger partial charge is 0.0319 e. The molecule has 0 saturated carbocycles. The Kier molecular flexibility index (Phi) is 4.71. The first-order valence-electron chi connectivity index (χ1n) is 8.50. The first-order chi connectivity index (χ1) is 11.5. The molecule has 0 radical (unpaired) electrons. The fraction of sp³-hybridized carbons (Fsp3) is 0.217. The van der Waals surface area contributed by atoms with Crippen LogP contribution in [0.1, 0.15) is 38.9 Å². The van der Waals surface area contributed by atoms with E-state index in [4.69, 9.17) is 5.73 Å². The van der Waals surface area contributed by atoms with Crippen LogP contribution in [0.4, 0.5) is 5.69 Å². The van der Waals surface area contributed by atoms with Gasteiger partial charge in [0.15, 0.2) is 0 Å². The highest BCUT2D eigenvalue weighted by Crippen LogP contribution is 2.24. The molecule has 3 aromatic rings. The van der Waals surface area contributed by atoms with Gasteiger partial charge in [0.05, 0.1) is 0 Å². The van der Waals surface area contributed by atoms with E-state index in [1.165, 1.54) is 38.9 Å². The zero-order valence-corrected chi connectivity index (χ0v) is 14.8. The molecule has 122 valence electrons. The van der Waals surface area contributed by atoms with Gasteiger partial charge in [0.1, 0.15) is 0 Å². The van der Waals surface area contributed by atoms with Crippen LogP contribution in [0, 0.1) is 20.8 Å². The number of aryl methyl sites for hydroxylation is 2. The maximum atomic E-state index is 6.18. The normalized spacial score (nSPS) is 10.8. The summed E-state index contributed by atoms with van der Waals surface area (Å²) in [5.74, 6) is 0. The SMILES string of the molecule is Cc1ccc(Cc2cc(N)cc(Cc3ccc(C)cc3)c2C)cc1. The van der Waals surface area contributed by atoms with E-state index in [-0.39, 0.29) is 0 Å². The van der Waals surface area contributed by atoms with Crippen molar-refractivity contribution in [1.82, 2.24) is 0 Å². The van der Waals surface area contributed by atoms with E-state index in [0.717, 1.165) is 18.5 Å². The summed E-state index contributed by atoms with van der Waals surface area (Å²) in [6.07, 6.45) is 1.86. The second-order valence-electron chi connectivity index (χ2n) is 6.79. The van der Waals surface area contributed by atoms with Gasteiger partial charge in [0.2, 0.25) is 0 Å². The minimum absolute atomic E-state index is 0.852. The number of rotatable bonds is 4. The lowest BCUT2D eigenvalue weighted by molar-refractivity contribution is 1.09. The molecular formula is C23H25N. The highest BCUT2D eigenvalue weighted by Gasteiger charge is 2.08. The molecule has 0 aliphatic rings. The third-order valence-electron chi connectivity index (χ3n) is 4.68. The Balaban J connectivity index is 1.89. The summed E-state index contributed by atoms with van der Waals surface area (Å²) in [6, 6.07) is 21.7. The van der Waals surface area contributed by atoms with Gasteiger partial charge in [0.25, 0.3) is 0 Å². The van der Waals surface area contributed by atoms with Gasteiger partial charge in [-0.15, -0.1) is 0 Å². The zero-order chi connectivity index (χ0) is 17.1. The van der Waals surface area contributed by atoms with Crippen LogP contribution in [0.25, 0.3) is 0 Å². The largest absolute Gasteiger partial charge is 0.399 e. The Labute approximate surface area is 145 Å². The fourth-order valence-electron chi connectivity index (χ4n) is 3.09. The van der Waals surface area contributed by atoms with E-state index >= 15 is 0 Å². The van der Waals surface area contributed by atoms with Crippen LogP contribution in [0.5, 0.6) is 0 Å². The highest BCUT2D eigenvalue weighted by molar-refractivity contribution is 5.52. The van der Waals surface area contributed by atoms with Crippen LogP contribution in [0.15, 0.2) is 60.7 Å². The summed E-state index contributed by atoms with van der Waals surface area (Å²) in [4.78, 5) is 0. The second-order valence-corrected chi connectivity index (χ2v) is 6.79. The van der Waals surface area contributed by atoms with E-state index in [2.05, 4.69) is 81.4 Å². The number of hydrogen-bond acceptors (Lipinski definition) is 1. The van der Waals surface area contributed by atoms with Crippen LogP contribution < -0.4 is 5.73 Å². The number of benzene rings is 3. The van der Waals surface area contributed by atoms with E-state index in [1.54, 1.807) is 0 Å². The molecule has 0 unspecified atom stereocenters. The molecule has 0 aliphatic heterocycles. The first kappa shape index (κ1) is 16.3. The third kappa shape index (κ3) is 3.86. The predicted molar refractivity (Wildman–Crippen MR) is 104 cm³/mol. The highest BCUT2D eigenvalue weighted by atomic mass is 14.5. The van der Waals surface area contributed by atoms with Crippen molar-refractivity contribution in [1.29, 1.82) is 0 Å². The fourth-order valence-corrected chi connectivity index (χ4v) is 3.09. The molecule has 0 spiro atoms. The lowest BCUT2D eigenvalue weighted by atomic mass is 9.92. The number of nitrogens with two attached hydrogens (primary N) is 1. The van der Waals surface area contributed by atoms with Gasteiger partial charge in [-0.2, -0.15) is 0 Å². The molecule has 3 aromatic carbocycles. The average molecular weight is 315 g/mol. The Bertz CT molecular complexity index is 758. The van der Waals surface area contributed by atoms with Crippen LogP contribution in [-0.4, -0.2) is 0 Å². The molecular weight excluding hydrogens is 290 g/mol. The summed E-state index contributed by atoms with van der Waals surface area (Å²) in [5, 5.41) is 0. The van der Waals surface area contributed by atoms with E-state index < -0.39 is 0 Å². The summed E-state index contributed by atoms with van der Waals surface area (Å²) in [5.41, 5.74) is 16.3. The van der Waals surface area contributed by atoms with Crippen molar-refractivity contribution in [2.45, 2.75) is 33.6 Å². The molecule has 2 N–H and O–H groups in total. The Morgan fingerprint density at radius 1 is 0.625 bits per heavy atom. The van der Waals surface area contributed by atoms with Crippen molar-refractivity contribution in [3.63, 3.8) is 0 Å². The monoisotopic (exact) mass is 315 g/mol. The van der Waals surface area contributed by atoms with E-state index in [1.807, 2.05) is 0 Å². The minimum atomic E-state index is 0.852. The van der Waals surface area contributed by atoms with Gasteiger partial charge in [-0.1, -0.05) is 59.7 Å². The molecule has 3 rings (SSSR count). The first-order valence-corrected chi connectivity index (χ1v) is 8.50. The Morgan fingerprint density at radius 2 is 1.00 bits per heavy atom. The average Bonchev–Trinajstić information content (AvgIpc) is 2.56. The molecule has 1 nitrogen and oxygen atoms in total. The molecule has 0 aliphatic carbocycles. The van der Waals surface area contributed by atoms with Crippen molar-refractivity contribution in [2.75, 3.05) is 5.73 Å². The molecule has 0 amide bonds. The number of nitrogen functional groups attached to an aromatic ring is 1. The van der Waals surface area contributed by atoms with Crippen LogP contribution in [0.2, 0.25) is 0 Å². The molecule has 0 bridgehead atoms. The van der Waals surface area contributed by atoms with Gasteiger partial charge >= 0.3 is 0 Å². The molecule has 0 saturated heterocycles. The van der Waals surface area contributed by atoms with Crippen LogP contribution in [0.3, 0.4) is 0 Å². The van der Waals surface area contributed by atoms with Crippen molar-refractivity contribution < 1.29 is 0 Å². The molecule has 24 heavy (non-hydrogen) atoms. The van der Waals surface area contributed by atoms with Crippen molar-refractivity contribution in [3.05, 3.63) is 99.6 Å². The quantitative estimate of drug-likeness (QED) is 0.643. The Morgan fingerprint density at radius 3 is 1.38 bits per heavy atom. The van der Waals surface area contributed by atoms with E-state index in [9.17, 15) is 0 Å². The summed E-state index contributed by atoms with van der Waals surface area (Å²) >= 11 is 0. The van der Waals surface area contributed by atoms with Crippen molar-refractivity contribution in [3.8, 4) is 0 Å².